The third kappa shape index (κ3) is 2.64. The quantitative estimate of drug-likeness (QED) is 0.691. The summed E-state index contributed by atoms with van der Waals surface area (Å²) in [4.78, 5) is 11.5. The van der Waals surface area contributed by atoms with Gasteiger partial charge in [-0.05, 0) is 29.2 Å². The van der Waals surface area contributed by atoms with Crippen molar-refractivity contribution >= 4 is 12.6 Å². The Bertz CT molecular complexity index is 615. The van der Waals surface area contributed by atoms with Crippen LogP contribution in [0.2, 0.25) is 0 Å². The highest BCUT2D eigenvalue weighted by molar-refractivity contribution is 6.59. The van der Waals surface area contributed by atoms with Gasteiger partial charge in [-0.1, -0.05) is 6.07 Å². The first-order valence-electron chi connectivity index (χ1n) is 5.24. The Morgan fingerprint density at radius 3 is 2.78 bits per heavy atom. The molecule has 2 N–H and O–H groups in total. The van der Waals surface area contributed by atoms with E-state index in [0.29, 0.717) is 5.56 Å². The van der Waals surface area contributed by atoms with E-state index < -0.39 is 12.9 Å². The molecule has 1 aromatic carbocycles. The second-order valence-electron chi connectivity index (χ2n) is 3.74. The lowest BCUT2D eigenvalue weighted by molar-refractivity contribution is 0.424. The molecule has 0 fully saturated rings. The molecule has 7 heteroatoms. The van der Waals surface area contributed by atoms with Crippen LogP contribution in [0.4, 0.5) is 4.39 Å². The van der Waals surface area contributed by atoms with E-state index in [0.717, 1.165) is 10.7 Å². The largest absolute Gasteiger partial charge is 0.488 e. The Morgan fingerprint density at radius 2 is 2.11 bits per heavy atom. The smallest absolute Gasteiger partial charge is 0.423 e. The summed E-state index contributed by atoms with van der Waals surface area (Å²) in [6.45, 7) is 0.0485. The maximum Gasteiger partial charge on any atom is 0.488 e. The molecule has 2 rings (SSSR count). The van der Waals surface area contributed by atoms with E-state index in [4.69, 9.17) is 10.0 Å². The van der Waals surface area contributed by atoms with Crippen molar-refractivity contribution in [3.63, 3.8) is 0 Å². The van der Waals surface area contributed by atoms with Gasteiger partial charge in [-0.15, -0.1) is 0 Å². The molecule has 1 heterocycles. The van der Waals surface area contributed by atoms with Gasteiger partial charge in [-0.25, -0.2) is 9.07 Å². The summed E-state index contributed by atoms with van der Waals surface area (Å²) in [6, 6.07) is 6.45. The van der Waals surface area contributed by atoms with Gasteiger partial charge in [0.15, 0.2) is 0 Å². The summed E-state index contributed by atoms with van der Waals surface area (Å²) in [7, 11) is -1.80. The molecule has 1 aromatic heterocycles. The van der Waals surface area contributed by atoms with Crippen LogP contribution in [0, 0.1) is 5.82 Å². The molecule has 92 valence electrons. The number of hydrogen-bond donors (Lipinski definition) is 2. The first-order valence-corrected chi connectivity index (χ1v) is 5.24. The van der Waals surface area contributed by atoms with Gasteiger partial charge in [0, 0.05) is 12.3 Å². The summed E-state index contributed by atoms with van der Waals surface area (Å²) in [5, 5.41) is 22.2. The zero-order valence-corrected chi connectivity index (χ0v) is 9.32. The van der Waals surface area contributed by atoms with Crippen molar-refractivity contribution in [3.8, 4) is 0 Å². The number of nitrogens with zero attached hydrogens (tertiary/aromatic N) is 2. The Balaban J connectivity index is 2.41. The van der Waals surface area contributed by atoms with Crippen molar-refractivity contribution in [1.29, 1.82) is 0 Å². The number of benzene rings is 1. The lowest BCUT2D eigenvalue weighted by Crippen LogP contribution is -2.35. The van der Waals surface area contributed by atoms with Gasteiger partial charge in [-0.2, -0.15) is 5.10 Å². The van der Waals surface area contributed by atoms with Gasteiger partial charge in [0.25, 0.3) is 5.56 Å². The topological polar surface area (TPSA) is 75.4 Å². The van der Waals surface area contributed by atoms with Crippen LogP contribution in [0.5, 0.6) is 0 Å². The van der Waals surface area contributed by atoms with Gasteiger partial charge in [0.1, 0.15) is 5.82 Å². The first-order chi connectivity index (χ1) is 8.58. The molecule has 0 saturated heterocycles. The van der Waals surface area contributed by atoms with Crippen molar-refractivity contribution in [1.82, 2.24) is 9.78 Å². The van der Waals surface area contributed by atoms with Gasteiger partial charge in [0.2, 0.25) is 0 Å². The Morgan fingerprint density at radius 1 is 1.33 bits per heavy atom. The normalized spacial score (nSPS) is 10.4. The molecule has 0 aliphatic carbocycles. The van der Waals surface area contributed by atoms with E-state index in [9.17, 15) is 9.18 Å². The Kier molecular flexibility index (Phi) is 3.54. The van der Waals surface area contributed by atoms with Crippen LogP contribution in [-0.4, -0.2) is 26.9 Å². The number of aromatic nitrogens is 2. The minimum absolute atomic E-state index is 0.0209. The molecule has 0 spiro atoms. The van der Waals surface area contributed by atoms with Crippen LogP contribution in [-0.2, 0) is 6.54 Å². The van der Waals surface area contributed by atoms with E-state index in [-0.39, 0.29) is 17.6 Å². The fraction of sp³-hybridized carbons (Fsp3) is 0.0909. The zero-order chi connectivity index (χ0) is 13.1. The van der Waals surface area contributed by atoms with Gasteiger partial charge in [0.05, 0.1) is 6.54 Å². The second-order valence-corrected chi connectivity index (χ2v) is 3.74. The van der Waals surface area contributed by atoms with Crippen molar-refractivity contribution < 1.29 is 14.4 Å². The average Bonchev–Trinajstić information content (AvgIpc) is 2.34. The molecule has 18 heavy (non-hydrogen) atoms. The number of halogens is 1. The third-order valence-electron chi connectivity index (χ3n) is 2.49. The van der Waals surface area contributed by atoms with Crippen molar-refractivity contribution in [2.45, 2.75) is 6.54 Å². The van der Waals surface area contributed by atoms with Crippen LogP contribution >= 0.6 is 0 Å². The molecular weight excluding hydrogens is 238 g/mol. The average molecular weight is 248 g/mol. The van der Waals surface area contributed by atoms with Gasteiger partial charge >= 0.3 is 7.12 Å². The minimum Gasteiger partial charge on any atom is -0.423 e. The van der Waals surface area contributed by atoms with E-state index in [2.05, 4.69) is 5.10 Å². The predicted octanol–water partition coefficient (Wildman–Crippen LogP) is -0.889. The monoisotopic (exact) mass is 248 g/mol. The maximum absolute atomic E-state index is 13.0. The van der Waals surface area contributed by atoms with Gasteiger partial charge in [-0.3, -0.25) is 4.79 Å². The molecule has 2 aromatic rings. The first kappa shape index (κ1) is 12.5. The van der Waals surface area contributed by atoms with Crippen molar-refractivity contribution in [2.75, 3.05) is 0 Å². The van der Waals surface area contributed by atoms with E-state index in [1.165, 1.54) is 30.5 Å². The molecule has 0 radical (unpaired) electrons. The molecule has 0 saturated carbocycles. The fourth-order valence-electron chi connectivity index (χ4n) is 1.62. The highest BCUT2D eigenvalue weighted by Crippen LogP contribution is 2.02. The molecular formula is C11H10BFN2O3. The van der Waals surface area contributed by atoms with Crippen LogP contribution < -0.4 is 11.0 Å². The molecule has 5 nitrogen and oxygen atoms in total. The Labute approximate surface area is 102 Å². The molecule has 0 aliphatic heterocycles. The highest BCUT2D eigenvalue weighted by atomic mass is 19.1. The standard InChI is InChI=1S/C11H10BFN2O3/c13-9-4-3-8(10(6-9)12(17)18)7-15-11(16)2-1-5-14-15/h1-6,17-18H,7H2. The summed E-state index contributed by atoms with van der Waals surface area (Å²) < 4.78 is 14.2. The lowest BCUT2D eigenvalue weighted by Gasteiger charge is -2.09. The summed E-state index contributed by atoms with van der Waals surface area (Å²) in [5.74, 6) is -0.574. The molecule has 0 aliphatic rings. The second kappa shape index (κ2) is 5.11. The Hall–Kier alpha value is -1.99. The predicted molar refractivity (Wildman–Crippen MR) is 63.8 cm³/mol. The fourth-order valence-corrected chi connectivity index (χ4v) is 1.62. The van der Waals surface area contributed by atoms with Crippen LogP contribution in [0.25, 0.3) is 0 Å². The maximum atomic E-state index is 13.0. The van der Waals surface area contributed by atoms with Crippen LogP contribution in [0.1, 0.15) is 5.56 Å². The number of rotatable bonds is 3. The van der Waals surface area contributed by atoms with Gasteiger partial charge < -0.3 is 10.0 Å². The summed E-state index contributed by atoms with van der Waals surface area (Å²) in [5.41, 5.74) is 0.125. The SMILES string of the molecule is O=c1cccnn1Cc1ccc(F)cc1B(O)O. The van der Waals surface area contributed by atoms with Crippen LogP contribution in [0.15, 0.2) is 41.3 Å². The summed E-state index contributed by atoms with van der Waals surface area (Å²) >= 11 is 0. The van der Waals surface area contributed by atoms with Crippen LogP contribution in [0.3, 0.4) is 0 Å². The zero-order valence-electron chi connectivity index (χ0n) is 9.32. The number of hydrogen-bond acceptors (Lipinski definition) is 4. The van der Waals surface area contributed by atoms with E-state index in [1.54, 1.807) is 0 Å². The summed E-state index contributed by atoms with van der Waals surface area (Å²) in [6.07, 6.45) is 1.44. The molecule has 0 bridgehead atoms. The van der Waals surface area contributed by atoms with Crippen molar-refractivity contribution in [2.24, 2.45) is 0 Å². The van der Waals surface area contributed by atoms with E-state index >= 15 is 0 Å². The minimum atomic E-state index is -1.80. The lowest BCUT2D eigenvalue weighted by atomic mass is 9.77. The van der Waals surface area contributed by atoms with E-state index in [1.807, 2.05) is 0 Å². The highest BCUT2D eigenvalue weighted by Gasteiger charge is 2.17. The molecule has 0 unspecified atom stereocenters. The third-order valence-corrected chi connectivity index (χ3v) is 2.49. The van der Waals surface area contributed by atoms with Crippen molar-refractivity contribution in [3.05, 3.63) is 58.3 Å². The molecule has 0 amide bonds. The molecule has 0 atom stereocenters.